The molecule has 0 saturated carbocycles. The molecule has 0 spiro atoms. The van der Waals surface area contributed by atoms with Gasteiger partial charge in [0, 0.05) is 26.2 Å². The van der Waals surface area contributed by atoms with Crippen LogP contribution in [0.25, 0.3) is 0 Å². The van der Waals surface area contributed by atoms with Crippen molar-refractivity contribution in [2.45, 2.75) is 39.7 Å². The average molecular weight is 286 g/mol. The zero-order chi connectivity index (χ0) is 14.6. The number of rotatable bonds is 2. The summed E-state index contributed by atoms with van der Waals surface area (Å²) in [6.07, 6.45) is 0.0199. The monoisotopic (exact) mass is 286 g/mol. The Labute approximate surface area is 119 Å². The van der Waals surface area contributed by atoms with Crippen LogP contribution in [-0.2, 0) is 9.53 Å². The van der Waals surface area contributed by atoms with E-state index in [4.69, 9.17) is 17.0 Å². The Balaban J connectivity index is 2.42. The van der Waals surface area contributed by atoms with E-state index in [2.05, 4.69) is 0 Å². The van der Waals surface area contributed by atoms with Crippen molar-refractivity contribution in [2.75, 3.05) is 26.2 Å². The van der Waals surface area contributed by atoms with E-state index < -0.39 is 5.60 Å². The van der Waals surface area contributed by atoms with Gasteiger partial charge in [-0.15, -0.1) is 0 Å². The lowest BCUT2D eigenvalue weighted by molar-refractivity contribution is -0.116. The number of Topliss-reactive ketones (excluding diaryl/α,β-unsaturated/α-hetero) is 1. The second-order valence-electron chi connectivity index (χ2n) is 5.73. The molecule has 1 amide bonds. The van der Waals surface area contributed by atoms with Gasteiger partial charge in [-0.2, -0.15) is 0 Å². The van der Waals surface area contributed by atoms with Gasteiger partial charge in [0.15, 0.2) is 0 Å². The molecule has 0 atom stereocenters. The number of nitrogens with zero attached hydrogens (tertiary/aromatic N) is 2. The van der Waals surface area contributed by atoms with Gasteiger partial charge in [0.05, 0.1) is 11.4 Å². The van der Waals surface area contributed by atoms with Crippen LogP contribution in [-0.4, -0.2) is 58.4 Å². The third kappa shape index (κ3) is 5.55. The molecule has 1 fully saturated rings. The third-order valence-corrected chi connectivity index (χ3v) is 3.09. The molecule has 6 heteroatoms. The first-order chi connectivity index (χ1) is 8.69. The first kappa shape index (κ1) is 15.9. The largest absolute Gasteiger partial charge is 0.444 e. The first-order valence-electron chi connectivity index (χ1n) is 6.44. The molecule has 0 aromatic carbocycles. The topological polar surface area (TPSA) is 49.9 Å². The maximum atomic E-state index is 11.9. The second kappa shape index (κ2) is 6.32. The molecule has 108 valence electrons. The van der Waals surface area contributed by atoms with E-state index in [-0.39, 0.29) is 11.9 Å². The highest BCUT2D eigenvalue weighted by Gasteiger charge is 2.26. The molecule has 1 heterocycles. The van der Waals surface area contributed by atoms with Crippen LogP contribution in [0.1, 0.15) is 34.1 Å². The molecule has 19 heavy (non-hydrogen) atoms. The van der Waals surface area contributed by atoms with Gasteiger partial charge in [-0.3, -0.25) is 4.79 Å². The summed E-state index contributed by atoms with van der Waals surface area (Å²) in [7, 11) is 0. The van der Waals surface area contributed by atoms with E-state index in [9.17, 15) is 9.59 Å². The number of amides is 1. The van der Waals surface area contributed by atoms with E-state index in [0.29, 0.717) is 37.6 Å². The molecule has 0 N–H and O–H groups in total. The van der Waals surface area contributed by atoms with Gasteiger partial charge in [-0.1, -0.05) is 12.2 Å². The number of ether oxygens (including phenoxy) is 1. The van der Waals surface area contributed by atoms with Gasteiger partial charge in [-0.05, 0) is 27.7 Å². The summed E-state index contributed by atoms with van der Waals surface area (Å²) in [6, 6.07) is 0. The van der Waals surface area contributed by atoms with E-state index in [1.807, 2.05) is 25.7 Å². The predicted molar refractivity (Wildman–Crippen MR) is 77.3 cm³/mol. The molecule has 0 aromatic rings. The first-order valence-corrected chi connectivity index (χ1v) is 6.85. The number of hydrogen-bond acceptors (Lipinski definition) is 4. The molecule has 1 aliphatic heterocycles. The SMILES string of the molecule is CC(=O)CC(=S)N1CCN(C(=O)OC(C)(C)C)CC1. The Hall–Kier alpha value is -1.17. The number of ketones is 1. The highest BCUT2D eigenvalue weighted by atomic mass is 32.1. The Morgan fingerprint density at radius 2 is 1.58 bits per heavy atom. The van der Waals surface area contributed by atoms with E-state index >= 15 is 0 Å². The zero-order valence-corrected chi connectivity index (χ0v) is 12.9. The number of thiocarbonyl (C=S) groups is 1. The summed E-state index contributed by atoms with van der Waals surface area (Å²) in [5.41, 5.74) is -0.474. The van der Waals surface area contributed by atoms with Gasteiger partial charge >= 0.3 is 6.09 Å². The summed E-state index contributed by atoms with van der Waals surface area (Å²) in [6.45, 7) is 9.55. The van der Waals surface area contributed by atoms with E-state index in [0.717, 1.165) is 0 Å². The minimum absolute atomic E-state index is 0.0690. The van der Waals surface area contributed by atoms with Crippen molar-refractivity contribution in [1.82, 2.24) is 9.80 Å². The van der Waals surface area contributed by atoms with E-state index in [1.165, 1.54) is 6.92 Å². The van der Waals surface area contributed by atoms with Crippen molar-refractivity contribution >= 4 is 29.1 Å². The fraction of sp³-hybridized carbons (Fsp3) is 0.769. The molecular formula is C13H22N2O3S. The van der Waals surface area contributed by atoms with Crippen molar-refractivity contribution in [2.24, 2.45) is 0 Å². The molecule has 1 rings (SSSR count). The fourth-order valence-corrected chi connectivity index (χ4v) is 2.18. The van der Waals surface area contributed by atoms with Crippen LogP contribution in [0.5, 0.6) is 0 Å². The molecule has 0 radical (unpaired) electrons. The van der Waals surface area contributed by atoms with Crippen LogP contribution in [0.15, 0.2) is 0 Å². The van der Waals surface area contributed by atoms with E-state index in [1.54, 1.807) is 4.90 Å². The normalized spacial score (nSPS) is 16.2. The Morgan fingerprint density at radius 1 is 1.11 bits per heavy atom. The van der Waals surface area contributed by atoms with Crippen LogP contribution in [0, 0.1) is 0 Å². The quantitative estimate of drug-likeness (QED) is 0.725. The number of carbonyl (C=O) groups excluding carboxylic acids is 2. The Bertz CT molecular complexity index is 369. The van der Waals surface area contributed by atoms with Gasteiger partial charge in [0.2, 0.25) is 0 Å². The van der Waals surface area contributed by atoms with Crippen molar-refractivity contribution in [3.63, 3.8) is 0 Å². The van der Waals surface area contributed by atoms with Crippen LogP contribution in [0.3, 0.4) is 0 Å². The van der Waals surface area contributed by atoms with Crippen molar-refractivity contribution < 1.29 is 14.3 Å². The van der Waals surface area contributed by atoms with Crippen molar-refractivity contribution in [1.29, 1.82) is 0 Å². The Morgan fingerprint density at radius 3 is 2.00 bits per heavy atom. The van der Waals surface area contributed by atoms with Crippen LogP contribution < -0.4 is 0 Å². The molecule has 0 aliphatic carbocycles. The molecule has 1 saturated heterocycles. The number of carbonyl (C=O) groups is 2. The molecule has 0 unspecified atom stereocenters. The smallest absolute Gasteiger partial charge is 0.410 e. The summed E-state index contributed by atoms with van der Waals surface area (Å²) < 4.78 is 5.32. The van der Waals surface area contributed by atoms with Gasteiger partial charge in [0.1, 0.15) is 11.4 Å². The molecule has 1 aliphatic rings. The maximum Gasteiger partial charge on any atom is 0.410 e. The molecular weight excluding hydrogens is 264 g/mol. The summed E-state index contributed by atoms with van der Waals surface area (Å²) in [5, 5.41) is 0. The third-order valence-electron chi connectivity index (χ3n) is 2.68. The van der Waals surface area contributed by atoms with Gasteiger partial charge < -0.3 is 14.5 Å². The van der Waals surface area contributed by atoms with Crippen molar-refractivity contribution in [3.8, 4) is 0 Å². The van der Waals surface area contributed by atoms with Crippen LogP contribution >= 0.6 is 12.2 Å². The summed E-state index contributed by atoms with van der Waals surface area (Å²) in [5.74, 6) is 0.0690. The van der Waals surface area contributed by atoms with Crippen LogP contribution in [0.4, 0.5) is 4.79 Å². The lowest BCUT2D eigenvalue weighted by atomic mass is 10.2. The predicted octanol–water partition coefficient (Wildman–Crippen LogP) is 1.85. The lowest BCUT2D eigenvalue weighted by Gasteiger charge is -2.36. The molecule has 5 nitrogen and oxygen atoms in total. The van der Waals surface area contributed by atoms with Crippen molar-refractivity contribution in [3.05, 3.63) is 0 Å². The summed E-state index contributed by atoms with van der Waals surface area (Å²) >= 11 is 5.21. The fourth-order valence-electron chi connectivity index (χ4n) is 1.79. The number of hydrogen-bond donors (Lipinski definition) is 0. The van der Waals surface area contributed by atoms with Gasteiger partial charge in [0.25, 0.3) is 0 Å². The zero-order valence-electron chi connectivity index (χ0n) is 12.1. The minimum Gasteiger partial charge on any atom is -0.444 e. The summed E-state index contributed by atoms with van der Waals surface area (Å²) in [4.78, 5) is 27.2. The maximum absolute atomic E-state index is 11.9. The molecule has 0 bridgehead atoms. The lowest BCUT2D eigenvalue weighted by Crippen LogP contribution is -2.51. The second-order valence-corrected chi connectivity index (χ2v) is 6.20. The molecule has 0 aromatic heterocycles. The standard InChI is InChI=1S/C13H22N2O3S/c1-10(16)9-11(19)14-5-7-15(8-6-14)12(17)18-13(2,3)4/h5-9H2,1-4H3. The van der Waals surface area contributed by atoms with Gasteiger partial charge in [-0.25, -0.2) is 4.79 Å². The Kier molecular flexibility index (Phi) is 5.29. The highest BCUT2D eigenvalue weighted by molar-refractivity contribution is 7.80. The minimum atomic E-state index is -0.474. The average Bonchev–Trinajstić information content (AvgIpc) is 2.26. The highest BCUT2D eigenvalue weighted by Crippen LogP contribution is 2.12. The number of piperazine rings is 1. The van der Waals surface area contributed by atoms with Crippen LogP contribution in [0.2, 0.25) is 0 Å².